The van der Waals surface area contributed by atoms with Crippen molar-refractivity contribution in [3.05, 3.63) is 48.0 Å². The molecule has 0 amide bonds. The number of aliphatic imine (C=N–C) groups is 1. The molecular weight excluding hydrogens is 401 g/mol. The van der Waals surface area contributed by atoms with Crippen LogP contribution in [0.2, 0.25) is 0 Å². The molecule has 0 aliphatic carbocycles. The number of anilines is 1. The summed E-state index contributed by atoms with van der Waals surface area (Å²) in [5, 5.41) is 3.13. The molecule has 0 atom stereocenters. The summed E-state index contributed by atoms with van der Waals surface area (Å²) in [4.78, 5) is 8.73. The quantitative estimate of drug-likeness (QED) is 0.420. The number of nitrogens with zero attached hydrogens (tertiary/aromatic N) is 3. The molecule has 5 nitrogen and oxygen atoms in total. The maximum Gasteiger partial charge on any atom is 0.193 e. The van der Waals surface area contributed by atoms with Gasteiger partial charge in [-0.2, -0.15) is 0 Å². The average molecular weight is 427 g/mol. The number of aryl methyl sites for hydroxylation is 1. The smallest absolute Gasteiger partial charge is 0.193 e. The number of nitrogens with one attached hydrogen (secondary N) is 1. The van der Waals surface area contributed by atoms with Crippen LogP contribution in [-0.2, 0) is 19.5 Å². The van der Waals surface area contributed by atoms with Crippen molar-refractivity contribution < 1.29 is 0 Å². The van der Waals surface area contributed by atoms with Gasteiger partial charge in [-0.1, -0.05) is 32.9 Å². The Morgan fingerprint density at radius 3 is 2.87 bits per heavy atom. The number of halogens is 1. The fraction of sp³-hybridized carbons (Fsp3) is 0.412. The molecule has 0 bridgehead atoms. The monoisotopic (exact) mass is 427 g/mol. The predicted molar refractivity (Wildman–Crippen MR) is 107 cm³/mol. The Balaban J connectivity index is 0.00000264. The molecule has 0 aliphatic rings. The molecule has 0 radical (unpaired) electrons. The molecule has 0 spiro atoms. The highest BCUT2D eigenvalue weighted by molar-refractivity contribution is 14.0. The van der Waals surface area contributed by atoms with E-state index < -0.39 is 0 Å². The van der Waals surface area contributed by atoms with E-state index in [1.807, 2.05) is 24.5 Å². The van der Waals surface area contributed by atoms with Gasteiger partial charge in [-0.25, -0.2) is 9.98 Å². The Labute approximate surface area is 155 Å². The summed E-state index contributed by atoms with van der Waals surface area (Å²) >= 11 is 0. The number of rotatable bonds is 6. The van der Waals surface area contributed by atoms with E-state index >= 15 is 0 Å². The zero-order valence-electron chi connectivity index (χ0n) is 14.0. The van der Waals surface area contributed by atoms with E-state index in [2.05, 4.69) is 52.8 Å². The van der Waals surface area contributed by atoms with Gasteiger partial charge < -0.3 is 15.6 Å². The molecule has 1 aromatic heterocycles. The molecule has 0 aliphatic heterocycles. The van der Waals surface area contributed by atoms with Gasteiger partial charge in [-0.05, 0) is 30.0 Å². The van der Waals surface area contributed by atoms with Gasteiger partial charge in [0.2, 0.25) is 0 Å². The first kappa shape index (κ1) is 19.5. The summed E-state index contributed by atoms with van der Waals surface area (Å²) in [6.07, 6.45) is 4.79. The zero-order chi connectivity index (χ0) is 15.9. The molecular formula is C17H26IN5. The maximum atomic E-state index is 5.97. The van der Waals surface area contributed by atoms with Crippen molar-refractivity contribution in [1.82, 2.24) is 9.55 Å². The van der Waals surface area contributed by atoms with Crippen molar-refractivity contribution in [3.8, 4) is 0 Å². The number of nitrogens with two attached hydrogens (primary N) is 1. The normalized spacial score (nSPS) is 11.4. The van der Waals surface area contributed by atoms with Gasteiger partial charge in [0.15, 0.2) is 5.96 Å². The molecule has 1 aromatic carbocycles. The fourth-order valence-corrected chi connectivity index (χ4v) is 2.26. The minimum Gasteiger partial charge on any atom is -0.370 e. The van der Waals surface area contributed by atoms with Gasteiger partial charge >= 0.3 is 0 Å². The highest BCUT2D eigenvalue weighted by Crippen LogP contribution is 2.11. The topological polar surface area (TPSA) is 68.2 Å². The van der Waals surface area contributed by atoms with Crippen molar-refractivity contribution in [2.75, 3.05) is 5.32 Å². The van der Waals surface area contributed by atoms with Gasteiger partial charge in [0.05, 0.1) is 0 Å². The van der Waals surface area contributed by atoms with Crippen molar-refractivity contribution in [1.29, 1.82) is 0 Å². The highest BCUT2D eigenvalue weighted by Gasteiger charge is 2.04. The van der Waals surface area contributed by atoms with E-state index in [0.717, 1.165) is 24.5 Å². The number of hydrogen-bond donors (Lipinski definition) is 2. The van der Waals surface area contributed by atoms with E-state index in [4.69, 9.17) is 5.73 Å². The Morgan fingerprint density at radius 1 is 1.39 bits per heavy atom. The van der Waals surface area contributed by atoms with E-state index in [1.165, 1.54) is 5.56 Å². The average Bonchev–Trinajstić information content (AvgIpc) is 2.91. The van der Waals surface area contributed by atoms with Crippen LogP contribution in [0.1, 0.15) is 32.2 Å². The summed E-state index contributed by atoms with van der Waals surface area (Å²) in [5.74, 6) is 1.91. The highest BCUT2D eigenvalue weighted by atomic mass is 127. The molecule has 2 aromatic rings. The second kappa shape index (κ2) is 9.54. The molecule has 0 saturated carbocycles. The molecule has 6 heteroatoms. The van der Waals surface area contributed by atoms with Gasteiger partial charge in [0.25, 0.3) is 0 Å². The van der Waals surface area contributed by atoms with Gasteiger partial charge in [-0.3, -0.25) is 0 Å². The first-order chi connectivity index (χ1) is 10.6. The first-order valence-electron chi connectivity index (χ1n) is 7.74. The SMILES string of the molecule is CCc1cccc(NC(N)=NCc2nccn2CC(C)C)c1.I. The van der Waals surface area contributed by atoms with Gasteiger partial charge in [-0.15, -0.1) is 24.0 Å². The van der Waals surface area contributed by atoms with E-state index in [1.54, 1.807) is 0 Å². The molecule has 23 heavy (non-hydrogen) atoms. The Morgan fingerprint density at radius 2 is 2.17 bits per heavy atom. The Kier molecular flexibility index (Phi) is 8.08. The lowest BCUT2D eigenvalue weighted by Crippen LogP contribution is -2.23. The van der Waals surface area contributed by atoms with Gasteiger partial charge in [0, 0.05) is 24.6 Å². The van der Waals surface area contributed by atoms with E-state index in [0.29, 0.717) is 18.4 Å². The third-order valence-corrected chi connectivity index (χ3v) is 3.36. The molecule has 3 N–H and O–H groups in total. The molecule has 0 fully saturated rings. The minimum atomic E-state index is 0. The minimum absolute atomic E-state index is 0. The van der Waals surface area contributed by atoms with Crippen LogP contribution in [-0.4, -0.2) is 15.5 Å². The summed E-state index contributed by atoms with van der Waals surface area (Å²) in [7, 11) is 0. The number of imidazole rings is 1. The second-order valence-corrected chi connectivity index (χ2v) is 5.77. The number of hydrogen-bond acceptors (Lipinski definition) is 2. The predicted octanol–water partition coefficient (Wildman–Crippen LogP) is 3.65. The second-order valence-electron chi connectivity index (χ2n) is 5.77. The number of guanidine groups is 1. The molecule has 1 heterocycles. The van der Waals surface area contributed by atoms with Crippen LogP contribution < -0.4 is 11.1 Å². The standard InChI is InChI=1S/C17H25N5.HI/c1-4-14-6-5-7-15(10-14)21-17(18)20-11-16-19-8-9-22(16)12-13(2)3;/h5-10,13H,4,11-12H2,1-3H3,(H3,18,20,21);1H. The fourth-order valence-electron chi connectivity index (χ4n) is 2.26. The van der Waals surface area contributed by atoms with Crippen molar-refractivity contribution in [2.24, 2.45) is 16.6 Å². The van der Waals surface area contributed by atoms with Crippen molar-refractivity contribution in [3.63, 3.8) is 0 Å². The molecule has 2 rings (SSSR count). The first-order valence-corrected chi connectivity index (χ1v) is 7.74. The molecule has 0 saturated heterocycles. The lowest BCUT2D eigenvalue weighted by atomic mass is 10.1. The van der Waals surface area contributed by atoms with Crippen LogP contribution in [0, 0.1) is 5.92 Å². The Hall–Kier alpha value is -1.57. The van der Waals surface area contributed by atoms with Crippen LogP contribution in [0.5, 0.6) is 0 Å². The lowest BCUT2D eigenvalue weighted by molar-refractivity contribution is 0.507. The third kappa shape index (κ3) is 6.21. The summed E-state index contributed by atoms with van der Waals surface area (Å²) in [6.45, 7) is 7.92. The van der Waals surface area contributed by atoms with Gasteiger partial charge in [0.1, 0.15) is 12.4 Å². The van der Waals surface area contributed by atoms with Crippen molar-refractivity contribution in [2.45, 2.75) is 40.3 Å². The van der Waals surface area contributed by atoms with Crippen LogP contribution in [0.25, 0.3) is 0 Å². The van der Waals surface area contributed by atoms with Crippen molar-refractivity contribution >= 4 is 35.6 Å². The van der Waals surface area contributed by atoms with Crippen LogP contribution in [0.4, 0.5) is 5.69 Å². The summed E-state index contributed by atoms with van der Waals surface area (Å²) in [5.41, 5.74) is 8.20. The summed E-state index contributed by atoms with van der Waals surface area (Å²) < 4.78 is 2.12. The number of aromatic nitrogens is 2. The van der Waals surface area contributed by atoms with Crippen LogP contribution in [0.3, 0.4) is 0 Å². The van der Waals surface area contributed by atoms with Crippen LogP contribution in [0.15, 0.2) is 41.7 Å². The molecule has 0 unspecified atom stereocenters. The zero-order valence-corrected chi connectivity index (χ0v) is 16.3. The lowest BCUT2D eigenvalue weighted by Gasteiger charge is -2.10. The van der Waals surface area contributed by atoms with E-state index in [-0.39, 0.29) is 24.0 Å². The Bertz CT molecular complexity index is 633. The third-order valence-electron chi connectivity index (χ3n) is 3.36. The molecule has 126 valence electrons. The number of benzene rings is 1. The van der Waals surface area contributed by atoms with E-state index in [9.17, 15) is 0 Å². The largest absolute Gasteiger partial charge is 0.370 e. The summed E-state index contributed by atoms with van der Waals surface area (Å²) in [6, 6.07) is 8.19. The maximum absolute atomic E-state index is 5.97. The van der Waals surface area contributed by atoms with Crippen LogP contribution >= 0.6 is 24.0 Å².